The number of carbonyl (C=O) groups excluding carboxylic acids is 1. The van der Waals surface area contributed by atoms with Crippen LogP contribution < -0.4 is 24.3 Å². The fraction of sp³-hybridized carbons (Fsp3) is 0.350. The minimum Gasteiger partial charge on any atom is -0.494 e. The van der Waals surface area contributed by atoms with E-state index in [0.717, 1.165) is 0 Å². The van der Waals surface area contributed by atoms with E-state index in [1.807, 2.05) is 0 Å². The number of carbonyl (C=O) groups is 1. The Hall–Kier alpha value is -2.96. The van der Waals surface area contributed by atoms with E-state index in [1.54, 1.807) is 25.1 Å². The summed E-state index contributed by atoms with van der Waals surface area (Å²) < 4.78 is 34.6. The van der Waals surface area contributed by atoms with Gasteiger partial charge in [-0.1, -0.05) is 6.07 Å². The first kappa shape index (κ1) is 20.4. The lowest BCUT2D eigenvalue weighted by atomic mass is 10.1. The molecule has 0 bridgehead atoms. The zero-order valence-electron chi connectivity index (χ0n) is 16.1. The highest BCUT2D eigenvalue weighted by Gasteiger charge is 2.17. The molecule has 0 heterocycles. The van der Waals surface area contributed by atoms with Crippen LogP contribution in [-0.4, -0.2) is 34.3 Å². The minimum atomic E-state index is -0.472. The molecule has 1 unspecified atom stereocenters. The normalized spacial score (nSPS) is 11.5. The predicted octanol–water partition coefficient (Wildman–Crippen LogP) is 3.28. The van der Waals surface area contributed by atoms with Gasteiger partial charge in [0.2, 0.25) is 11.7 Å². The topological polar surface area (TPSA) is 66.0 Å². The average Bonchev–Trinajstić information content (AvgIpc) is 2.66. The average molecular weight is 377 g/mol. The summed E-state index contributed by atoms with van der Waals surface area (Å²) >= 11 is 0. The molecular formula is C20H24FNO5. The molecule has 6 nitrogen and oxygen atoms in total. The first-order valence-electron chi connectivity index (χ1n) is 8.35. The molecule has 2 aromatic carbocycles. The van der Waals surface area contributed by atoms with E-state index in [9.17, 15) is 9.18 Å². The van der Waals surface area contributed by atoms with E-state index in [0.29, 0.717) is 28.4 Å². The summed E-state index contributed by atoms with van der Waals surface area (Å²) in [7, 11) is 5.95. The summed E-state index contributed by atoms with van der Waals surface area (Å²) in [5.74, 6) is 0.893. The summed E-state index contributed by atoms with van der Waals surface area (Å²) in [5, 5.41) is 2.85. The van der Waals surface area contributed by atoms with E-state index in [-0.39, 0.29) is 24.1 Å². The molecule has 2 rings (SSSR count). The van der Waals surface area contributed by atoms with E-state index < -0.39 is 5.82 Å². The van der Waals surface area contributed by atoms with Crippen LogP contribution >= 0.6 is 0 Å². The predicted molar refractivity (Wildman–Crippen MR) is 99.3 cm³/mol. The Bertz CT molecular complexity index is 784. The van der Waals surface area contributed by atoms with Crippen molar-refractivity contribution in [3.8, 4) is 23.0 Å². The zero-order chi connectivity index (χ0) is 20.0. The Kier molecular flexibility index (Phi) is 6.87. The van der Waals surface area contributed by atoms with Crippen LogP contribution in [0.4, 0.5) is 4.39 Å². The largest absolute Gasteiger partial charge is 0.494 e. The molecule has 146 valence electrons. The number of amides is 1. The van der Waals surface area contributed by atoms with E-state index >= 15 is 0 Å². The summed E-state index contributed by atoms with van der Waals surface area (Å²) in [4.78, 5) is 12.4. The van der Waals surface area contributed by atoms with Gasteiger partial charge in [-0.15, -0.1) is 0 Å². The number of methoxy groups -OCH3 is 4. The lowest BCUT2D eigenvalue weighted by Gasteiger charge is -2.17. The third-order valence-electron chi connectivity index (χ3n) is 4.14. The molecule has 0 aliphatic rings. The Morgan fingerprint density at radius 2 is 1.56 bits per heavy atom. The first-order chi connectivity index (χ1) is 12.9. The van der Waals surface area contributed by atoms with Crippen LogP contribution in [0.1, 0.15) is 24.1 Å². The van der Waals surface area contributed by atoms with E-state index in [4.69, 9.17) is 18.9 Å². The second-order valence-electron chi connectivity index (χ2n) is 5.89. The number of hydrogen-bond donors (Lipinski definition) is 1. The van der Waals surface area contributed by atoms with Crippen molar-refractivity contribution in [1.29, 1.82) is 0 Å². The molecule has 1 N–H and O–H groups in total. The van der Waals surface area contributed by atoms with Gasteiger partial charge in [-0.2, -0.15) is 0 Å². The molecule has 0 radical (unpaired) electrons. The third kappa shape index (κ3) is 4.81. The molecule has 27 heavy (non-hydrogen) atoms. The van der Waals surface area contributed by atoms with Crippen molar-refractivity contribution in [3.05, 3.63) is 47.3 Å². The van der Waals surface area contributed by atoms with E-state index in [1.165, 1.54) is 40.6 Å². The van der Waals surface area contributed by atoms with Gasteiger partial charge < -0.3 is 24.3 Å². The molecule has 0 aliphatic carbocycles. The highest BCUT2D eigenvalue weighted by atomic mass is 19.1. The molecule has 0 fully saturated rings. The van der Waals surface area contributed by atoms with Crippen LogP contribution in [0.25, 0.3) is 0 Å². The standard InChI is InChI=1S/C20H24FNO5/c1-12(14-6-7-16(24-2)15(21)11-14)22-19(23)10-13-8-17(25-3)20(27-5)18(9-13)26-4/h6-9,11-12H,10H2,1-5H3,(H,22,23). The minimum absolute atomic E-state index is 0.111. The third-order valence-corrected chi connectivity index (χ3v) is 4.14. The fourth-order valence-electron chi connectivity index (χ4n) is 2.75. The van der Waals surface area contributed by atoms with Gasteiger partial charge in [0.1, 0.15) is 0 Å². The van der Waals surface area contributed by atoms with Crippen LogP contribution in [0, 0.1) is 5.82 Å². The summed E-state index contributed by atoms with van der Waals surface area (Å²) in [6, 6.07) is 7.68. The van der Waals surface area contributed by atoms with Gasteiger partial charge in [-0.25, -0.2) is 4.39 Å². The number of hydrogen-bond acceptors (Lipinski definition) is 5. The summed E-state index contributed by atoms with van der Waals surface area (Å²) in [6.07, 6.45) is 0.111. The highest BCUT2D eigenvalue weighted by Crippen LogP contribution is 2.38. The molecule has 0 aromatic heterocycles. The molecule has 1 atom stereocenters. The van der Waals surface area contributed by atoms with Gasteiger partial charge in [0, 0.05) is 0 Å². The van der Waals surface area contributed by atoms with Crippen molar-refractivity contribution in [2.24, 2.45) is 0 Å². The smallest absolute Gasteiger partial charge is 0.224 e. The molecule has 1 amide bonds. The van der Waals surface area contributed by atoms with Crippen molar-refractivity contribution < 1.29 is 28.1 Å². The van der Waals surface area contributed by atoms with Crippen molar-refractivity contribution in [3.63, 3.8) is 0 Å². The maximum absolute atomic E-state index is 13.9. The molecule has 0 saturated carbocycles. The number of rotatable bonds is 8. The van der Waals surface area contributed by atoms with Gasteiger partial charge in [0.05, 0.1) is 40.9 Å². The molecule has 2 aromatic rings. The highest BCUT2D eigenvalue weighted by molar-refractivity contribution is 5.79. The van der Waals surface area contributed by atoms with Crippen LogP contribution in [0.5, 0.6) is 23.0 Å². The van der Waals surface area contributed by atoms with Gasteiger partial charge in [-0.3, -0.25) is 4.79 Å². The first-order valence-corrected chi connectivity index (χ1v) is 8.35. The van der Waals surface area contributed by atoms with Crippen molar-refractivity contribution in [1.82, 2.24) is 5.32 Å². The van der Waals surface area contributed by atoms with E-state index in [2.05, 4.69) is 5.32 Å². The van der Waals surface area contributed by atoms with Crippen LogP contribution in [0.15, 0.2) is 30.3 Å². The van der Waals surface area contributed by atoms with Crippen molar-refractivity contribution >= 4 is 5.91 Å². The Morgan fingerprint density at radius 1 is 0.963 bits per heavy atom. The van der Waals surface area contributed by atoms with Gasteiger partial charge >= 0.3 is 0 Å². The quantitative estimate of drug-likeness (QED) is 0.765. The van der Waals surface area contributed by atoms with Gasteiger partial charge in [0.15, 0.2) is 23.1 Å². The Labute approximate surface area is 158 Å². The maximum atomic E-state index is 13.9. The molecule has 0 saturated heterocycles. The lowest BCUT2D eigenvalue weighted by Crippen LogP contribution is -2.28. The molecular weight excluding hydrogens is 353 g/mol. The van der Waals surface area contributed by atoms with Crippen molar-refractivity contribution in [2.45, 2.75) is 19.4 Å². The fourth-order valence-corrected chi connectivity index (χ4v) is 2.75. The van der Waals surface area contributed by atoms with Crippen LogP contribution in [0.3, 0.4) is 0 Å². The SMILES string of the molecule is COc1ccc(C(C)NC(=O)Cc2cc(OC)c(OC)c(OC)c2)cc1F. The second kappa shape index (κ2) is 9.12. The van der Waals surface area contributed by atoms with Crippen LogP contribution in [-0.2, 0) is 11.2 Å². The zero-order valence-corrected chi connectivity index (χ0v) is 16.1. The molecule has 7 heteroatoms. The van der Waals surface area contributed by atoms with Gasteiger partial charge in [0.25, 0.3) is 0 Å². The number of nitrogens with one attached hydrogen (secondary N) is 1. The van der Waals surface area contributed by atoms with Crippen LogP contribution in [0.2, 0.25) is 0 Å². The monoisotopic (exact) mass is 377 g/mol. The Balaban J connectivity index is 2.12. The lowest BCUT2D eigenvalue weighted by molar-refractivity contribution is -0.121. The summed E-state index contributed by atoms with van der Waals surface area (Å²) in [5.41, 5.74) is 1.35. The number of ether oxygens (including phenoxy) is 4. The maximum Gasteiger partial charge on any atom is 0.224 e. The molecule has 0 aliphatic heterocycles. The summed E-state index contributed by atoms with van der Waals surface area (Å²) in [6.45, 7) is 1.79. The van der Waals surface area contributed by atoms with Crippen molar-refractivity contribution in [2.75, 3.05) is 28.4 Å². The molecule has 0 spiro atoms. The second-order valence-corrected chi connectivity index (χ2v) is 5.89. The Morgan fingerprint density at radius 3 is 2.04 bits per heavy atom. The van der Waals surface area contributed by atoms with Gasteiger partial charge in [-0.05, 0) is 42.3 Å². The number of halogens is 1. The number of benzene rings is 2.